The van der Waals surface area contributed by atoms with E-state index < -0.39 is 254 Å². The molecule has 0 spiro atoms. The van der Waals surface area contributed by atoms with E-state index in [2.05, 4.69) is 52.8 Å². The molecule has 1 aromatic heterocycles. The quantitative estimate of drug-likeness (QED) is 0.0362. The van der Waals surface area contributed by atoms with E-state index in [9.17, 15) is 69.9 Å². The number of likely N-dealkylation sites (N-methyl/N-ethyl adjacent to an activating group) is 2. The molecule has 9 amide bonds. The Balaban J connectivity index is 0.999. The van der Waals surface area contributed by atoms with Gasteiger partial charge in [-0.1, -0.05) is 79.0 Å². The number of amides is 9. The summed E-state index contributed by atoms with van der Waals surface area (Å²) < 4.78 is 40.7. The highest BCUT2D eigenvalue weighted by Crippen LogP contribution is 2.50. The number of carbonyl (C=O) groups excluding carboxylic acids is 9. The molecule has 39 nitrogen and oxygen atoms in total. The number of hydroxylamine groups is 2. The van der Waals surface area contributed by atoms with Crippen molar-refractivity contribution in [3.63, 3.8) is 0 Å². The van der Waals surface area contributed by atoms with E-state index in [1.54, 1.807) is 31.2 Å². The lowest BCUT2D eigenvalue weighted by Crippen LogP contribution is -2.65. The monoisotopic (exact) mass is 1790 g/mol. The molecule has 0 unspecified atom stereocenters. The summed E-state index contributed by atoms with van der Waals surface area (Å²) in [4.78, 5) is 155. The second kappa shape index (κ2) is 39.3. The number of carbonyl (C=O) groups is 9. The fourth-order valence-electron chi connectivity index (χ4n) is 15.0. The van der Waals surface area contributed by atoms with Gasteiger partial charge in [0.2, 0.25) is 59.3 Å². The number of hydrogen-bond acceptors (Lipinski definition) is 29. The number of hydrogen-bond donors (Lipinski definition) is 19. The fourth-order valence-corrected chi connectivity index (χ4v) is 15.5. The van der Waals surface area contributed by atoms with Crippen LogP contribution in [0.1, 0.15) is 111 Å². The van der Waals surface area contributed by atoms with Crippen molar-refractivity contribution in [2.45, 2.75) is 163 Å². The highest BCUT2D eigenvalue weighted by atomic mass is 35.5. The van der Waals surface area contributed by atoms with Crippen molar-refractivity contribution in [3.8, 4) is 57.1 Å². The number of nitrogens with one attached hydrogen (secondary N) is 9. The van der Waals surface area contributed by atoms with Crippen LogP contribution in [0.4, 0.5) is 5.82 Å². The second-order valence-electron chi connectivity index (χ2n) is 30.9. The van der Waals surface area contributed by atoms with Gasteiger partial charge in [0.25, 0.3) is 5.91 Å². The molecule has 666 valence electrons. The standard InChI is InChI=1S/C83H92Cl3N13O26/c1-35(2)24-48(88-5)74(111)96-65-67(106)39-12-17-52(46(85)26-39)121-54-28-41-29-55(71(54)125-81-72(70(109)69(108)56(34-100)123-81)124-60-33-83(4,73(110)36(3)120-60)89-21-23-99-22-20-58(92-82(99)118)91-59(105)19-10-37-8-14-42(84)15-9-37)122-53-18-13-40(27-47(53)86)68(107)66-79(116)95-64(80(117)98(6)119-7)45-30-43(101)31-51(103)61(45)44-25-38(11-16-50(44)102)62(76(113)97-66)94-77(114)63(41)93-75(112)49(32-57(87)104)90-78(65)115/h8-20,22,25-31,35-36,48-49,56,60,62-70,72-73,81,88-89,100-103,106-110H,21,23-24,32-34H2,1-7H3,(H2,87,104)(H,90,115)(H,93,112)(H,94,114)(H,95,116)(H,96,111)(H,97,113)(H,91,92,105,118)/b19-10+/t36-,48+,49-,56+,60-,62+,63+,64+,65+,66-,67+,68+,69+,70-,72+,73+,81-,83-/m0/s1. The zero-order valence-electron chi connectivity index (χ0n) is 67.8. The van der Waals surface area contributed by atoms with Crippen molar-refractivity contribution in [2.24, 2.45) is 11.7 Å². The third-order valence-corrected chi connectivity index (χ3v) is 22.5. The van der Waals surface area contributed by atoms with Crippen molar-refractivity contribution >= 4 is 99.9 Å². The molecule has 7 aromatic rings. The Morgan fingerprint density at radius 3 is 2.00 bits per heavy atom. The Labute approximate surface area is 727 Å². The minimum atomic E-state index is -2.39. The van der Waals surface area contributed by atoms with Gasteiger partial charge in [0.15, 0.2) is 23.9 Å². The predicted molar refractivity (Wildman–Crippen MR) is 443 cm³/mol. The molecular formula is C83H92Cl3N13O26. The van der Waals surface area contributed by atoms with E-state index >= 15 is 24.0 Å². The normalized spacial score (nSPS) is 26.0. The van der Waals surface area contributed by atoms with E-state index in [0.717, 1.165) is 80.9 Å². The molecule has 6 aromatic carbocycles. The Kier molecular flexibility index (Phi) is 29.1. The number of aromatic nitrogens is 2. The third kappa shape index (κ3) is 21.0. The maximum Gasteiger partial charge on any atom is 0.349 e. The maximum absolute atomic E-state index is 16.3. The number of benzene rings is 6. The van der Waals surface area contributed by atoms with E-state index in [1.807, 2.05) is 13.8 Å². The number of anilines is 1. The molecule has 125 heavy (non-hydrogen) atoms. The molecule has 0 saturated carbocycles. The van der Waals surface area contributed by atoms with Crippen LogP contribution < -0.4 is 73.5 Å². The highest BCUT2D eigenvalue weighted by Gasteiger charge is 2.52. The number of ether oxygens (including phenoxy) is 6. The Bertz CT molecular complexity index is 5380. The number of rotatable bonds is 21. The van der Waals surface area contributed by atoms with Crippen LogP contribution in [0.5, 0.6) is 46.0 Å². The van der Waals surface area contributed by atoms with Crippen LogP contribution in [0.15, 0.2) is 126 Å². The van der Waals surface area contributed by atoms with Gasteiger partial charge in [-0.05, 0) is 145 Å². The molecular weight excluding hydrogens is 1700 g/mol. The molecule has 20 N–H and O–H groups in total. The number of aliphatic hydroxyl groups excluding tert-OH is 6. The summed E-state index contributed by atoms with van der Waals surface area (Å²) in [6, 6.07) is 7.77. The summed E-state index contributed by atoms with van der Waals surface area (Å²) in [5, 5.41) is 131. The van der Waals surface area contributed by atoms with Crippen LogP contribution in [-0.4, -0.2) is 227 Å². The van der Waals surface area contributed by atoms with Crippen LogP contribution in [-0.2, 0) is 68.7 Å². The number of phenolic OH excluding ortho intramolecular Hbond substituents is 3. The Morgan fingerprint density at radius 2 is 1.38 bits per heavy atom. The molecule has 11 bridgehead atoms. The first kappa shape index (κ1) is 92.5. The first-order valence-corrected chi connectivity index (χ1v) is 40.3. The van der Waals surface area contributed by atoms with Crippen molar-refractivity contribution in [1.82, 2.24) is 57.1 Å². The number of aromatic hydroxyl groups is 3. The van der Waals surface area contributed by atoms with Gasteiger partial charge < -0.3 is 128 Å². The number of nitrogens with two attached hydrogens (primary N) is 1. The average Bonchev–Trinajstić information content (AvgIpc) is 0.763. The summed E-state index contributed by atoms with van der Waals surface area (Å²) in [5.74, 6) is -16.0. The van der Waals surface area contributed by atoms with Gasteiger partial charge in [-0.15, -0.1) is 0 Å². The van der Waals surface area contributed by atoms with Crippen molar-refractivity contribution in [2.75, 3.05) is 39.7 Å². The van der Waals surface area contributed by atoms with Crippen LogP contribution in [0.2, 0.25) is 15.1 Å². The van der Waals surface area contributed by atoms with E-state index in [-0.39, 0.29) is 60.1 Å². The zero-order chi connectivity index (χ0) is 90.5. The molecule has 8 heterocycles. The molecule has 0 radical (unpaired) electrons. The predicted octanol–water partition coefficient (Wildman–Crippen LogP) is 2.23. The van der Waals surface area contributed by atoms with E-state index in [0.29, 0.717) is 15.6 Å². The smallest absolute Gasteiger partial charge is 0.349 e. The van der Waals surface area contributed by atoms with Gasteiger partial charge in [-0.3, -0.25) is 52.6 Å². The number of aliphatic hydroxyl groups is 6. The zero-order valence-corrected chi connectivity index (χ0v) is 70.0. The summed E-state index contributed by atoms with van der Waals surface area (Å²) >= 11 is 20.4. The molecule has 2 fully saturated rings. The van der Waals surface area contributed by atoms with Crippen LogP contribution in [0.3, 0.4) is 0 Å². The number of phenols is 3. The fraction of sp³-hybridized carbons (Fsp3) is 0.386. The minimum Gasteiger partial charge on any atom is -0.508 e. The van der Waals surface area contributed by atoms with Gasteiger partial charge in [-0.25, -0.2) is 9.86 Å². The number of fused-ring (bicyclic) bond motifs is 15. The van der Waals surface area contributed by atoms with E-state index in [4.69, 9.17) is 73.8 Å². The van der Waals surface area contributed by atoms with Gasteiger partial charge in [0, 0.05) is 66.6 Å². The summed E-state index contributed by atoms with van der Waals surface area (Å²) in [7, 11) is 3.70. The molecule has 7 aliphatic heterocycles. The second-order valence-corrected chi connectivity index (χ2v) is 32.1. The molecule has 42 heteroatoms. The van der Waals surface area contributed by atoms with Gasteiger partial charge in [0.1, 0.15) is 101 Å². The number of halogens is 3. The maximum atomic E-state index is 16.3. The summed E-state index contributed by atoms with van der Waals surface area (Å²) in [6.45, 7) is 5.61. The third-order valence-electron chi connectivity index (χ3n) is 21.6. The van der Waals surface area contributed by atoms with Crippen LogP contribution >= 0.6 is 34.8 Å². The van der Waals surface area contributed by atoms with Gasteiger partial charge in [-0.2, -0.15) is 4.98 Å². The van der Waals surface area contributed by atoms with Gasteiger partial charge >= 0.3 is 5.69 Å². The molecule has 0 aliphatic carbocycles. The first-order valence-electron chi connectivity index (χ1n) is 39.2. The molecule has 2 saturated heterocycles. The SMILES string of the molecule is CN[C@H](CC(C)C)C(=O)N[C@H]1C(=O)N[C@@H](CC(N)=O)C(=O)N[C@H]2C(=O)N[C@H]3C(=O)N[C@H](C(=O)N[C@@H](C(=O)N(C)OC)c4cc(O)cc(O)c4-c4cc3ccc4O)[C@H](O)c3ccc(c(Cl)c3)Oc3cc2cc(c3O[C@@H]2O[C@H](CO)[C@@H](O)[C@H](O)[C@H]2O[C@H]2C[C@](C)(NCCn3ccc(NC(=O)/C=C/c4ccc(Cl)cc4)nc3=O)[C@H](O)[C@H](C)O2)Oc2ccc(cc2Cl)[C@H]1O. The lowest BCUT2D eigenvalue weighted by atomic mass is 9.85. The molecule has 7 aliphatic rings. The van der Waals surface area contributed by atoms with Crippen LogP contribution in [0, 0.1) is 5.92 Å². The van der Waals surface area contributed by atoms with Crippen molar-refractivity contribution < 1.29 is 122 Å². The van der Waals surface area contributed by atoms with Crippen LogP contribution in [0.25, 0.3) is 17.2 Å². The lowest BCUT2D eigenvalue weighted by molar-refractivity contribution is -0.334. The molecule has 14 rings (SSSR count). The highest BCUT2D eigenvalue weighted by molar-refractivity contribution is 6.32. The summed E-state index contributed by atoms with van der Waals surface area (Å²) in [5.41, 5.74) is 1.71. The number of primary amides is 1. The lowest BCUT2D eigenvalue weighted by Gasteiger charge is -2.48. The van der Waals surface area contributed by atoms with Crippen molar-refractivity contribution in [1.29, 1.82) is 0 Å². The largest absolute Gasteiger partial charge is 0.508 e. The summed E-state index contributed by atoms with van der Waals surface area (Å²) in [6.07, 6.45) is -15.3. The average molecular weight is 1790 g/mol. The number of nitrogens with zero attached hydrogens (tertiary/aromatic N) is 3. The topological polar surface area (TPSA) is 573 Å². The molecule has 18 atom stereocenters. The van der Waals surface area contributed by atoms with Crippen molar-refractivity contribution in [3.05, 3.63) is 180 Å². The minimum absolute atomic E-state index is 0.0331. The Morgan fingerprint density at radius 1 is 0.736 bits per heavy atom. The first-order chi connectivity index (χ1) is 59.3. The van der Waals surface area contributed by atoms with E-state index in [1.165, 1.54) is 55.1 Å². The Hall–Kier alpha value is -11.6. The van der Waals surface area contributed by atoms with Gasteiger partial charge in [0.05, 0.1) is 48.4 Å².